The first-order valence-electron chi connectivity index (χ1n) is 6.01. The summed E-state index contributed by atoms with van der Waals surface area (Å²) in [5, 5.41) is 2.12. The van der Waals surface area contributed by atoms with Gasteiger partial charge in [0.1, 0.15) is 5.76 Å². The zero-order chi connectivity index (χ0) is 14.7. The maximum atomic E-state index is 11.4. The second-order valence-electron chi connectivity index (χ2n) is 4.60. The summed E-state index contributed by atoms with van der Waals surface area (Å²) in [6.45, 7) is 3.39. The van der Waals surface area contributed by atoms with Crippen LogP contribution in [-0.4, -0.2) is 17.9 Å². The summed E-state index contributed by atoms with van der Waals surface area (Å²) in [4.78, 5) is 13.6. The molecule has 2 aromatic heterocycles. The molecule has 2 rings (SSSR count). The number of carbonyl (C=O) groups is 1. The Hall–Kier alpha value is -1.15. The minimum atomic E-state index is -0.413. The molecule has 108 valence electrons. The fourth-order valence-corrected chi connectivity index (χ4v) is 3.15. The first kappa shape index (κ1) is 15.2. The van der Waals surface area contributed by atoms with Crippen LogP contribution in [0.3, 0.4) is 0 Å². The van der Waals surface area contributed by atoms with Gasteiger partial charge in [-0.25, -0.2) is 5.84 Å². The third-order valence-electron chi connectivity index (χ3n) is 2.89. The Morgan fingerprint density at radius 3 is 2.85 bits per heavy atom. The van der Waals surface area contributed by atoms with E-state index in [0.29, 0.717) is 6.54 Å². The average molecular weight is 358 g/mol. The number of nitrogen functional groups attached to an aromatic ring is 1. The smallest absolute Gasteiger partial charge is 0.300 e. The van der Waals surface area contributed by atoms with Crippen LogP contribution in [-0.2, 0) is 13.1 Å². The Labute approximate surface area is 129 Å². The maximum absolute atomic E-state index is 11.4. The summed E-state index contributed by atoms with van der Waals surface area (Å²) in [6, 6.07) is 3.84. The van der Waals surface area contributed by atoms with Gasteiger partial charge in [-0.3, -0.25) is 15.1 Å². The van der Waals surface area contributed by atoms with E-state index < -0.39 is 5.91 Å². The SMILES string of the molecule is Cc1oc(C(=O)NN)cc1CN(C)Cc1csc(Br)c1. The number of halogens is 1. The molecule has 0 radical (unpaired) electrons. The number of carbonyl (C=O) groups excluding carboxylic acids is 1. The quantitative estimate of drug-likeness (QED) is 0.490. The molecule has 0 aliphatic carbocycles. The number of rotatable bonds is 5. The van der Waals surface area contributed by atoms with Crippen LogP contribution in [0.25, 0.3) is 0 Å². The summed E-state index contributed by atoms with van der Waals surface area (Å²) in [6.07, 6.45) is 0. The Morgan fingerprint density at radius 2 is 2.25 bits per heavy atom. The topological polar surface area (TPSA) is 71.5 Å². The maximum Gasteiger partial charge on any atom is 0.300 e. The molecular weight excluding hydrogens is 342 g/mol. The van der Waals surface area contributed by atoms with Gasteiger partial charge < -0.3 is 4.42 Å². The van der Waals surface area contributed by atoms with Crippen LogP contribution < -0.4 is 11.3 Å². The molecule has 0 aromatic carbocycles. The highest BCUT2D eigenvalue weighted by Gasteiger charge is 2.14. The summed E-state index contributed by atoms with van der Waals surface area (Å²) >= 11 is 5.13. The lowest BCUT2D eigenvalue weighted by molar-refractivity contribution is 0.0924. The number of aryl methyl sites for hydroxylation is 1. The van der Waals surface area contributed by atoms with Crippen LogP contribution in [0.15, 0.2) is 25.7 Å². The van der Waals surface area contributed by atoms with E-state index in [2.05, 4.69) is 37.7 Å². The third-order valence-corrected chi connectivity index (χ3v) is 4.44. The van der Waals surface area contributed by atoms with Gasteiger partial charge in [-0.1, -0.05) is 0 Å². The van der Waals surface area contributed by atoms with Gasteiger partial charge in [0.05, 0.1) is 3.79 Å². The summed E-state index contributed by atoms with van der Waals surface area (Å²) in [5.74, 6) is 5.66. The van der Waals surface area contributed by atoms with Crippen LogP contribution >= 0.6 is 27.3 Å². The number of hydrazine groups is 1. The molecular formula is C13H16BrN3O2S. The Bertz CT molecular complexity index is 609. The Kier molecular flexibility index (Phi) is 4.98. The van der Waals surface area contributed by atoms with Crippen molar-refractivity contribution in [2.45, 2.75) is 20.0 Å². The summed E-state index contributed by atoms with van der Waals surface area (Å²) < 4.78 is 6.53. The van der Waals surface area contributed by atoms with E-state index in [4.69, 9.17) is 10.3 Å². The lowest BCUT2D eigenvalue weighted by Crippen LogP contribution is -2.29. The first-order chi connectivity index (χ1) is 9.49. The molecule has 1 amide bonds. The number of hydrogen-bond donors (Lipinski definition) is 2. The molecule has 0 atom stereocenters. The Balaban J connectivity index is 2.02. The lowest BCUT2D eigenvalue weighted by atomic mass is 10.2. The van der Waals surface area contributed by atoms with Crippen LogP contribution in [0.5, 0.6) is 0 Å². The van der Waals surface area contributed by atoms with Crippen molar-refractivity contribution in [1.29, 1.82) is 0 Å². The fraction of sp³-hybridized carbons (Fsp3) is 0.308. The van der Waals surface area contributed by atoms with Gasteiger partial charge in [-0.05, 0) is 53.0 Å². The number of nitrogens with one attached hydrogen (secondary N) is 1. The molecule has 0 spiro atoms. The molecule has 7 heteroatoms. The predicted octanol–water partition coefficient (Wildman–Crippen LogP) is 2.65. The van der Waals surface area contributed by atoms with Crippen molar-refractivity contribution >= 4 is 33.2 Å². The van der Waals surface area contributed by atoms with Gasteiger partial charge in [0.15, 0.2) is 5.76 Å². The largest absolute Gasteiger partial charge is 0.456 e. The molecule has 0 saturated carbocycles. The van der Waals surface area contributed by atoms with Crippen molar-refractivity contribution < 1.29 is 9.21 Å². The van der Waals surface area contributed by atoms with Crippen molar-refractivity contribution in [3.05, 3.63) is 43.9 Å². The van der Waals surface area contributed by atoms with Crippen molar-refractivity contribution in [3.8, 4) is 0 Å². The minimum absolute atomic E-state index is 0.242. The zero-order valence-electron chi connectivity index (χ0n) is 11.3. The zero-order valence-corrected chi connectivity index (χ0v) is 13.7. The van der Waals surface area contributed by atoms with Crippen molar-refractivity contribution in [2.24, 2.45) is 5.84 Å². The molecule has 2 aromatic rings. The molecule has 3 N–H and O–H groups in total. The fourth-order valence-electron chi connectivity index (χ4n) is 1.95. The molecule has 2 heterocycles. The standard InChI is InChI=1S/C13H16BrN3O2S/c1-8-10(4-11(19-8)13(18)16-15)6-17(2)5-9-3-12(14)20-7-9/h3-4,7H,5-6,15H2,1-2H3,(H,16,18). The van der Waals surface area contributed by atoms with Gasteiger partial charge in [0.2, 0.25) is 0 Å². The second-order valence-corrected chi connectivity index (χ2v) is 6.89. The van der Waals surface area contributed by atoms with Crippen molar-refractivity contribution in [3.63, 3.8) is 0 Å². The minimum Gasteiger partial charge on any atom is -0.456 e. The predicted molar refractivity (Wildman–Crippen MR) is 82.3 cm³/mol. The van der Waals surface area contributed by atoms with E-state index in [-0.39, 0.29) is 5.76 Å². The Morgan fingerprint density at radius 1 is 1.50 bits per heavy atom. The van der Waals surface area contributed by atoms with Gasteiger partial charge in [-0.2, -0.15) is 0 Å². The van der Waals surface area contributed by atoms with Crippen LogP contribution in [0.2, 0.25) is 0 Å². The monoisotopic (exact) mass is 357 g/mol. The van der Waals surface area contributed by atoms with E-state index in [1.54, 1.807) is 17.4 Å². The molecule has 20 heavy (non-hydrogen) atoms. The highest BCUT2D eigenvalue weighted by Crippen LogP contribution is 2.22. The van der Waals surface area contributed by atoms with E-state index >= 15 is 0 Å². The highest BCUT2D eigenvalue weighted by atomic mass is 79.9. The van der Waals surface area contributed by atoms with Crippen molar-refractivity contribution in [2.75, 3.05) is 7.05 Å². The van der Waals surface area contributed by atoms with Gasteiger partial charge >= 0.3 is 5.91 Å². The van der Waals surface area contributed by atoms with Crippen LogP contribution in [0.4, 0.5) is 0 Å². The molecule has 0 unspecified atom stereocenters. The number of thiophene rings is 1. The second kappa shape index (κ2) is 6.53. The average Bonchev–Trinajstić information content (AvgIpc) is 2.96. The number of nitrogens with two attached hydrogens (primary N) is 1. The number of hydrogen-bond acceptors (Lipinski definition) is 5. The lowest BCUT2D eigenvalue weighted by Gasteiger charge is -2.15. The van der Waals surface area contributed by atoms with E-state index in [0.717, 1.165) is 21.7 Å². The third kappa shape index (κ3) is 3.69. The molecule has 0 aliphatic heterocycles. The number of nitrogens with zero attached hydrogens (tertiary/aromatic N) is 1. The van der Waals surface area contributed by atoms with E-state index in [1.807, 2.05) is 14.0 Å². The van der Waals surface area contributed by atoms with Crippen LogP contribution in [0, 0.1) is 6.92 Å². The molecule has 0 aliphatic rings. The normalized spacial score (nSPS) is 11.1. The van der Waals surface area contributed by atoms with Gasteiger partial charge in [-0.15, -0.1) is 11.3 Å². The van der Waals surface area contributed by atoms with E-state index in [1.165, 1.54) is 5.56 Å². The molecule has 0 fully saturated rings. The first-order valence-corrected chi connectivity index (χ1v) is 7.68. The number of furan rings is 1. The van der Waals surface area contributed by atoms with Crippen molar-refractivity contribution in [1.82, 2.24) is 10.3 Å². The molecule has 0 saturated heterocycles. The summed E-state index contributed by atoms with van der Waals surface area (Å²) in [7, 11) is 2.03. The van der Waals surface area contributed by atoms with Gasteiger partial charge in [0, 0.05) is 18.7 Å². The van der Waals surface area contributed by atoms with Gasteiger partial charge in [0.25, 0.3) is 0 Å². The number of amides is 1. The molecule has 0 bridgehead atoms. The molecule has 5 nitrogen and oxygen atoms in total. The van der Waals surface area contributed by atoms with E-state index in [9.17, 15) is 4.79 Å². The summed E-state index contributed by atoms with van der Waals surface area (Å²) in [5.41, 5.74) is 4.31. The highest BCUT2D eigenvalue weighted by molar-refractivity contribution is 9.11. The van der Waals surface area contributed by atoms with Crippen LogP contribution in [0.1, 0.15) is 27.4 Å².